The molecule has 0 amide bonds. The van der Waals surface area contributed by atoms with Gasteiger partial charge in [-0.3, -0.25) is 4.98 Å². The molecule has 1 atom stereocenters. The van der Waals surface area contributed by atoms with Crippen LogP contribution < -0.4 is 0 Å². The van der Waals surface area contributed by atoms with E-state index in [-0.39, 0.29) is 0 Å². The third-order valence-corrected chi connectivity index (χ3v) is 7.88. The van der Waals surface area contributed by atoms with E-state index >= 15 is 0 Å². The molecule has 1 unspecified atom stereocenters. The number of thioether (sulfide) groups is 1. The molecule has 1 aromatic carbocycles. The highest BCUT2D eigenvalue weighted by Gasteiger charge is 2.34. The van der Waals surface area contributed by atoms with Gasteiger partial charge in [-0.15, -0.1) is 11.8 Å². The normalized spacial score (nSPS) is 15.1. The Hall–Kier alpha value is -2.68. The molecule has 0 radical (unpaired) electrons. The average molecular weight is 573 g/mol. The number of nitrogens with zero attached hydrogens (tertiary/aromatic N) is 2. The maximum absolute atomic E-state index is 13.1. The van der Waals surface area contributed by atoms with Crippen LogP contribution in [0.15, 0.2) is 60.4 Å². The number of unbranched alkanes of at least 4 members (excludes halogenated alkanes) is 1. The molecule has 202 valence electrons. The molecular formula is C29H33ClN2O4S2. The van der Waals surface area contributed by atoms with E-state index in [2.05, 4.69) is 11.9 Å². The Morgan fingerprint density at radius 3 is 2.71 bits per heavy atom. The molecule has 6 nitrogen and oxygen atoms in total. The topological polar surface area (TPSA) is 68.7 Å². The number of esters is 2. The molecule has 0 N–H and O–H groups in total. The smallest absolute Gasteiger partial charge is 0.333 e. The number of halogens is 1. The van der Waals surface area contributed by atoms with Crippen LogP contribution in [0.3, 0.4) is 0 Å². The molecule has 0 aliphatic carbocycles. The fourth-order valence-corrected chi connectivity index (χ4v) is 5.69. The molecule has 9 heteroatoms. The average Bonchev–Trinajstić information content (AvgIpc) is 2.93. The van der Waals surface area contributed by atoms with Crippen LogP contribution in [-0.2, 0) is 19.1 Å². The van der Waals surface area contributed by atoms with Gasteiger partial charge in [0.2, 0.25) is 0 Å². The number of carbonyl (C=O) groups excluding carboxylic acids is 2. The van der Waals surface area contributed by atoms with Crippen LogP contribution in [0.5, 0.6) is 0 Å². The molecule has 1 aromatic heterocycles. The first-order valence-corrected chi connectivity index (χ1v) is 14.5. The molecule has 0 spiro atoms. The minimum Gasteiger partial charge on any atom is -0.467 e. The number of rotatable bonds is 11. The van der Waals surface area contributed by atoms with Crippen LogP contribution >= 0.6 is 35.6 Å². The zero-order valence-electron chi connectivity index (χ0n) is 21.9. The van der Waals surface area contributed by atoms with Crippen LogP contribution in [0.25, 0.3) is 5.57 Å². The summed E-state index contributed by atoms with van der Waals surface area (Å²) in [5.41, 5.74) is 3.71. The van der Waals surface area contributed by atoms with E-state index in [0.29, 0.717) is 42.3 Å². The lowest BCUT2D eigenvalue weighted by atomic mass is 9.95. The standard InChI is InChI=1S/C29H33ClN2O4S2/c1-4-6-17-38-29(37)23-11-9-14-31-26(23)20-13-15-32(21(18-20)19-25(33)36-16-5-2)27(28(34)35-3)22-10-7-8-12-24(22)30/h7-12,14,18-19,27H,4-6,13,15-17H2,1-3H3/b21-19-. The summed E-state index contributed by atoms with van der Waals surface area (Å²) >= 11 is 13.9. The summed E-state index contributed by atoms with van der Waals surface area (Å²) in [6, 6.07) is 10.2. The van der Waals surface area contributed by atoms with Crippen LogP contribution in [-0.4, -0.2) is 52.0 Å². The second kappa shape index (κ2) is 15.0. The maximum Gasteiger partial charge on any atom is 0.333 e. The van der Waals surface area contributed by atoms with Gasteiger partial charge in [-0.05, 0) is 54.9 Å². The Balaban J connectivity index is 2.07. The minimum absolute atomic E-state index is 0.303. The highest BCUT2D eigenvalue weighted by molar-refractivity contribution is 8.23. The largest absolute Gasteiger partial charge is 0.467 e. The summed E-state index contributed by atoms with van der Waals surface area (Å²) in [6.07, 6.45) is 8.51. The number of hydrogen-bond acceptors (Lipinski definition) is 8. The number of carbonyl (C=O) groups is 2. The van der Waals surface area contributed by atoms with Gasteiger partial charge >= 0.3 is 11.9 Å². The second-order valence-electron chi connectivity index (χ2n) is 8.69. The van der Waals surface area contributed by atoms with Crippen LogP contribution in [0.4, 0.5) is 0 Å². The molecular weight excluding hydrogens is 540 g/mol. The third kappa shape index (κ3) is 7.68. The molecule has 2 heterocycles. The van der Waals surface area contributed by atoms with E-state index in [9.17, 15) is 9.59 Å². The highest BCUT2D eigenvalue weighted by atomic mass is 35.5. The molecule has 0 saturated heterocycles. The lowest BCUT2D eigenvalue weighted by Gasteiger charge is -2.36. The highest BCUT2D eigenvalue weighted by Crippen LogP contribution is 2.37. The maximum atomic E-state index is 13.1. The van der Waals surface area contributed by atoms with Crippen molar-refractivity contribution < 1.29 is 19.1 Å². The van der Waals surface area contributed by atoms with Crippen LogP contribution in [0.1, 0.15) is 62.4 Å². The summed E-state index contributed by atoms with van der Waals surface area (Å²) < 4.78 is 11.3. The first kappa shape index (κ1) is 29.9. The Morgan fingerprint density at radius 2 is 2.00 bits per heavy atom. The van der Waals surface area contributed by atoms with Gasteiger partial charge in [0, 0.05) is 40.7 Å². The van der Waals surface area contributed by atoms with E-state index in [0.717, 1.165) is 39.6 Å². The lowest BCUT2D eigenvalue weighted by Crippen LogP contribution is -2.37. The Labute approximate surface area is 239 Å². The summed E-state index contributed by atoms with van der Waals surface area (Å²) in [7, 11) is 1.34. The van der Waals surface area contributed by atoms with E-state index in [1.807, 2.05) is 36.1 Å². The van der Waals surface area contributed by atoms with Gasteiger partial charge in [-0.2, -0.15) is 0 Å². The number of methoxy groups -OCH3 is 1. The van der Waals surface area contributed by atoms with Crippen molar-refractivity contribution in [3.05, 3.63) is 82.3 Å². The molecule has 38 heavy (non-hydrogen) atoms. The number of pyridine rings is 1. The van der Waals surface area contributed by atoms with Crippen molar-refractivity contribution in [3.8, 4) is 0 Å². The van der Waals surface area contributed by atoms with Crippen molar-refractivity contribution in [3.63, 3.8) is 0 Å². The van der Waals surface area contributed by atoms with Crippen molar-refractivity contribution in [1.82, 2.24) is 9.88 Å². The fraction of sp³-hybridized carbons (Fsp3) is 0.379. The quantitative estimate of drug-likeness (QED) is 0.126. The van der Waals surface area contributed by atoms with Crippen molar-refractivity contribution >= 4 is 57.3 Å². The van der Waals surface area contributed by atoms with Crippen molar-refractivity contribution in [2.24, 2.45) is 0 Å². The van der Waals surface area contributed by atoms with Gasteiger partial charge < -0.3 is 14.4 Å². The third-order valence-electron chi connectivity index (χ3n) is 5.99. The molecule has 0 fully saturated rings. The molecule has 3 rings (SSSR count). The van der Waals surface area contributed by atoms with Gasteiger partial charge in [0.05, 0.1) is 23.6 Å². The Morgan fingerprint density at radius 1 is 1.21 bits per heavy atom. The van der Waals surface area contributed by atoms with Gasteiger partial charge in [0.1, 0.15) is 0 Å². The summed E-state index contributed by atoms with van der Waals surface area (Å²) in [5, 5.41) is 0.437. The summed E-state index contributed by atoms with van der Waals surface area (Å²) in [5.74, 6) is -0.0161. The van der Waals surface area contributed by atoms with Gasteiger partial charge in [0.25, 0.3) is 0 Å². The van der Waals surface area contributed by atoms with Gasteiger partial charge in [-0.25, -0.2) is 9.59 Å². The van der Waals surface area contributed by atoms with Crippen molar-refractivity contribution in [2.75, 3.05) is 26.0 Å². The number of aromatic nitrogens is 1. The predicted octanol–water partition coefficient (Wildman–Crippen LogP) is 6.78. The van der Waals surface area contributed by atoms with Crippen LogP contribution in [0, 0.1) is 0 Å². The SMILES string of the molecule is CCCCSC(=S)c1cccnc1C1=C/C(=C/C(=O)OCCC)N(C(C(=O)OC)c2ccccc2Cl)CC1. The Bertz CT molecular complexity index is 1210. The van der Waals surface area contributed by atoms with E-state index in [1.54, 1.807) is 36.2 Å². The first-order valence-electron chi connectivity index (χ1n) is 12.7. The minimum atomic E-state index is -0.842. The monoisotopic (exact) mass is 572 g/mol. The number of hydrogen-bond donors (Lipinski definition) is 0. The van der Waals surface area contributed by atoms with Crippen LogP contribution in [0.2, 0.25) is 5.02 Å². The van der Waals surface area contributed by atoms with Gasteiger partial charge in [-0.1, -0.05) is 62.3 Å². The van der Waals surface area contributed by atoms with Gasteiger partial charge in [0.15, 0.2) is 6.04 Å². The molecule has 0 bridgehead atoms. The van der Waals surface area contributed by atoms with Crippen molar-refractivity contribution in [2.45, 2.75) is 45.6 Å². The molecule has 1 aliphatic heterocycles. The van der Waals surface area contributed by atoms with E-state index in [1.165, 1.54) is 13.2 Å². The molecule has 2 aromatic rings. The number of benzene rings is 1. The zero-order chi connectivity index (χ0) is 27.5. The van der Waals surface area contributed by atoms with Crippen molar-refractivity contribution in [1.29, 1.82) is 0 Å². The number of ether oxygens (including phenoxy) is 2. The fourth-order valence-electron chi connectivity index (χ4n) is 4.10. The summed E-state index contributed by atoms with van der Waals surface area (Å²) in [4.78, 5) is 32.3. The predicted molar refractivity (Wildman–Crippen MR) is 158 cm³/mol. The number of allylic oxidation sites excluding steroid dienone is 1. The second-order valence-corrected chi connectivity index (χ2v) is 10.9. The summed E-state index contributed by atoms with van der Waals surface area (Å²) in [6.45, 7) is 4.81. The molecule has 1 aliphatic rings. The number of thiocarbonyl (C=S) groups is 1. The molecule has 0 saturated carbocycles. The van der Waals surface area contributed by atoms with E-state index in [4.69, 9.17) is 33.3 Å². The Kier molecular flexibility index (Phi) is 11.8. The zero-order valence-corrected chi connectivity index (χ0v) is 24.3. The first-order chi connectivity index (χ1) is 18.4. The lowest BCUT2D eigenvalue weighted by molar-refractivity contribution is -0.146. The van der Waals surface area contributed by atoms with E-state index < -0.39 is 18.0 Å².